The SMILES string of the molecule is CNC(=O)c1ccn(-c2ccc(C=O)cc2F)n1. The van der Waals surface area contributed by atoms with Gasteiger partial charge in [-0.3, -0.25) is 9.59 Å². The van der Waals surface area contributed by atoms with Crippen LogP contribution in [0.25, 0.3) is 5.69 Å². The van der Waals surface area contributed by atoms with E-state index in [1.54, 1.807) is 0 Å². The van der Waals surface area contributed by atoms with Crippen molar-refractivity contribution < 1.29 is 14.0 Å². The quantitative estimate of drug-likeness (QED) is 0.828. The number of halogens is 1. The lowest BCUT2D eigenvalue weighted by Gasteiger charge is -2.03. The summed E-state index contributed by atoms with van der Waals surface area (Å²) in [5, 5.41) is 6.37. The van der Waals surface area contributed by atoms with Gasteiger partial charge in [0.25, 0.3) is 5.91 Å². The normalized spacial score (nSPS) is 10.1. The molecule has 1 N–H and O–H groups in total. The molecule has 0 fully saturated rings. The maximum atomic E-state index is 13.7. The molecular formula is C12H10FN3O2. The Morgan fingerprint density at radius 1 is 1.44 bits per heavy atom. The highest BCUT2D eigenvalue weighted by Crippen LogP contribution is 2.14. The van der Waals surface area contributed by atoms with E-state index in [4.69, 9.17) is 0 Å². The summed E-state index contributed by atoms with van der Waals surface area (Å²) in [7, 11) is 1.49. The first-order valence-corrected chi connectivity index (χ1v) is 5.18. The van der Waals surface area contributed by atoms with Crippen LogP contribution < -0.4 is 5.32 Å². The summed E-state index contributed by atoms with van der Waals surface area (Å²) in [5.74, 6) is -0.926. The predicted molar refractivity (Wildman–Crippen MR) is 62.3 cm³/mol. The highest BCUT2D eigenvalue weighted by Gasteiger charge is 2.11. The Hall–Kier alpha value is -2.50. The lowest BCUT2D eigenvalue weighted by Crippen LogP contribution is -2.18. The van der Waals surface area contributed by atoms with Crippen LogP contribution in [0.1, 0.15) is 20.8 Å². The molecule has 0 unspecified atom stereocenters. The van der Waals surface area contributed by atoms with Gasteiger partial charge in [-0.05, 0) is 24.3 Å². The third-order valence-corrected chi connectivity index (χ3v) is 2.40. The van der Waals surface area contributed by atoms with Crippen LogP contribution >= 0.6 is 0 Å². The second-order valence-electron chi connectivity index (χ2n) is 3.55. The number of carbonyl (C=O) groups is 2. The molecule has 0 aliphatic rings. The molecule has 1 heterocycles. The van der Waals surface area contributed by atoms with Gasteiger partial charge in [-0.2, -0.15) is 5.10 Å². The summed E-state index contributed by atoms with van der Waals surface area (Å²) in [6.45, 7) is 0. The van der Waals surface area contributed by atoms with Crippen LogP contribution in [-0.2, 0) is 0 Å². The van der Waals surface area contributed by atoms with Crippen LogP contribution in [-0.4, -0.2) is 29.0 Å². The summed E-state index contributed by atoms with van der Waals surface area (Å²) in [6.07, 6.45) is 2.04. The number of benzene rings is 1. The number of aldehydes is 1. The third-order valence-electron chi connectivity index (χ3n) is 2.40. The van der Waals surface area contributed by atoms with Crippen molar-refractivity contribution in [1.29, 1.82) is 0 Å². The molecule has 2 aromatic rings. The minimum Gasteiger partial charge on any atom is -0.354 e. The van der Waals surface area contributed by atoms with Gasteiger partial charge in [0.2, 0.25) is 0 Å². The molecule has 0 saturated carbocycles. The van der Waals surface area contributed by atoms with Gasteiger partial charge in [-0.15, -0.1) is 0 Å². The Morgan fingerprint density at radius 3 is 2.83 bits per heavy atom. The predicted octanol–water partition coefficient (Wildman–Crippen LogP) is 1.18. The fraction of sp³-hybridized carbons (Fsp3) is 0.0833. The Labute approximate surface area is 102 Å². The molecule has 0 atom stereocenters. The fourth-order valence-electron chi connectivity index (χ4n) is 1.49. The van der Waals surface area contributed by atoms with Crippen LogP contribution in [0.3, 0.4) is 0 Å². The van der Waals surface area contributed by atoms with Gasteiger partial charge >= 0.3 is 0 Å². The zero-order valence-corrected chi connectivity index (χ0v) is 9.55. The molecule has 0 saturated heterocycles. The van der Waals surface area contributed by atoms with Crippen LogP contribution in [0.15, 0.2) is 30.5 Å². The zero-order valence-electron chi connectivity index (χ0n) is 9.55. The number of hydrogen-bond donors (Lipinski definition) is 1. The van der Waals surface area contributed by atoms with Crippen LogP contribution in [0.5, 0.6) is 0 Å². The molecule has 6 heteroatoms. The number of carbonyl (C=O) groups excluding carboxylic acids is 2. The van der Waals surface area contributed by atoms with E-state index in [2.05, 4.69) is 10.4 Å². The molecule has 18 heavy (non-hydrogen) atoms. The second kappa shape index (κ2) is 4.79. The Balaban J connectivity index is 2.40. The topological polar surface area (TPSA) is 64.0 Å². The van der Waals surface area contributed by atoms with Gasteiger partial charge in [-0.1, -0.05) is 0 Å². The molecule has 0 aliphatic carbocycles. The molecule has 2 rings (SSSR count). The van der Waals surface area contributed by atoms with E-state index in [1.165, 1.54) is 36.1 Å². The van der Waals surface area contributed by atoms with Crippen LogP contribution in [0.2, 0.25) is 0 Å². The van der Waals surface area contributed by atoms with Gasteiger partial charge in [0, 0.05) is 18.8 Å². The standard InChI is InChI=1S/C12H10FN3O2/c1-14-12(18)10-4-5-16(15-10)11-3-2-8(7-17)6-9(11)13/h2-7H,1H3,(H,14,18). The first-order valence-electron chi connectivity index (χ1n) is 5.18. The maximum Gasteiger partial charge on any atom is 0.271 e. The van der Waals surface area contributed by atoms with Gasteiger partial charge in [0.1, 0.15) is 17.8 Å². The lowest BCUT2D eigenvalue weighted by atomic mass is 10.2. The number of hydrogen-bond acceptors (Lipinski definition) is 3. The smallest absolute Gasteiger partial charge is 0.271 e. The first-order chi connectivity index (χ1) is 8.65. The molecule has 0 radical (unpaired) electrons. The molecule has 1 amide bonds. The molecule has 5 nitrogen and oxygen atoms in total. The van der Waals surface area contributed by atoms with Gasteiger partial charge in [0.05, 0.1) is 0 Å². The van der Waals surface area contributed by atoms with Crippen molar-refractivity contribution in [3.63, 3.8) is 0 Å². The number of amides is 1. The van der Waals surface area contributed by atoms with Crippen LogP contribution in [0.4, 0.5) is 4.39 Å². The minimum absolute atomic E-state index is 0.177. The van der Waals surface area contributed by atoms with Crippen molar-refractivity contribution in [2.45, 2.75) is 0 Å². The Bertz CT molecular complexity index is 607. The maximum absolute atomic E-state index is 13.7. The van der Waals surface area contributed by atoms with E-state index in [0.717, 1.165) is 6.07 Å². The minimum atomic E-state index is -0.578. The van der Waals surface area contributed by atoms with Gasteiger partial charge in [-0.25, -0.2) is 9.07 Å². The van der Waals surface area contributed by atoms with E-state index in [-0.39, 0.29) is 22.9 Å². The largest absolute Gasteiger partial charge is 0.354 e. The summed E-state index contributed by atoms with van der Waals surface area (Å²) in [6, 6.07) is 5.50. The molecule has 0 bridgehead atoms. The highest BCUT2D eigenvalue weighted by atomic mass is 19.1. The Morgan fingerprint density at radius 2 is 2.22 bits per heavy atom. The van der Waals surface area contributed by atoms with Crippen molar-refractivity contribution in [1.82, 2.24) is 15.1 Å². The highest BCUT2D eigenvalue weighted by molar-refractivity contribution is 5.91. The lowest BCUT2D eigenvalue weighted by molar-refractivity contribution is 0.0957. The van der Waals surface area contributed by atoms with E-state index in [0.29, 0.717) is 6.29 Å². The first kappa shape index (κ1) is 12.0. The molecule has 1 aromatic heterocycles. The summed E-state index contributed by atoms with van der Waals surface area (Å²) >= 11 is 0. The molecule has 92 valence electrons. The Kier molecular flexibility index (Phi) is 3.18. The summed E-state index contributed by atoms with van der Waals surface area (Å²) in [4.78, 5) is 21.8. The van der Waals surface area contributed by atoms with E-state index >= 15 is 0 Å². The van der Waals surface area contributed by atoms with Gasteiger partial charge in [0.15, 0.2) is 5.69 Å². The monoisotopic (exact) mass is 247 g/mol. The van der Waals surface area contributed by atoms with Crippen molar-refractivity contribution in [3.05, 3.63) is 47.5 Å². The van der Waals surface area contributed by atoms with E-state index in [9.17, 15) is 14.0 Å². The average molecular weight is 247 g/mol. The summed E-state index contributed by atoms with van der Waals surface area (Å²) < 4.78 is 14.9. The van der Waals surface area contributed by atoms with Crippen molar-refractivity contribution in [3.8, 4) is 5.69 Å². The third kappa shape index (κ3) is 2.13. The molecule has 0 aliphatic heterocycles. The van der Waals surface area contributed by atoms with Crippen molar-refractivity contribution >= 4 is 12.2 Å². The number of nitrogens with one attached hydrogen (secondary N) is 1. The zero-order chi connectivity index (χ0) is 13.1. The van der Waals surface area contributed by atoms with Crippen molar-refractivity contribution in [2.75, 3.05) is 7.05 Å². The average Bonchev–Trinajstić information content (AvgIpc) is 2.87. The summed E-state index contributed by atoms with van der Waals surface area (Å²) in [5.41, 5.74) is 0.613. The van der Waals surface area contributed by atoms with Crippen molar-refractivity contribution in [2.24, 2.45) is 0 Å². The fourth-order valence-corrected chi connectivity index (χ4v) is 1.49. The number of nitrogens with zero attached hydrogens (tertiary/aromatic N) is 2. The second-order valence-corrected chi connectivity index (χ2v) is 3.55. The number of aromatic nitrogens is 2. The van der Waals surface area contributed by atoms with Gasteiger partial charge < -0.3 is 5.32 Å². The molecule has 1 aromatic carbocycles. The van der Waals surface area contributed by atoms with E-state index < -0.39 is 5.82 Å². The molecule has 0 spiro atoms. The van der Waals surface area contributed by atoms with Crippen LogP contribution in [0, 0.1) is 5.82 Å². The van der Waals surface area contributed by atoms with E-state index in [1.807, 2.05) is 0 Å². The number of rotatable bonds is 3. The molecular weight excluding hydrogens is 237 g/mol.